The number of hydrogen-bond acceptors (Lipinski definition) is 5. The Morgan fingerprint density at radius 3 is 2.84 bits per heavy atom. The number of Topliss-reactive ketones (excluding diaryl/α,β-unsaturated/α-hetero) is 1. The van der Waals surface area contributed by atoms with Crippen molar-refractivity contribution in [1.29, 1.82) is 0 Å². The van der Waals surface area contributed by atoms with Crippen LogP contribution in [-0.4, -0.2) is 47.4 Å². The van der Waals surface area contributed by atoms with Crippen LogP contribution < -0.4 is 4.74 Å². The number of ketones is 1. The van der Waals surface area contributed by atoms with Gasteiger partial charge in [0.05, 0.1) is 18.6 Å². The van der Waals surface area contributed by atoms with Crippen molar-refractivity contribution in [3.63, 3.8) is 0 Å². The standard InChI is InChI=1S/C19H23NO5/c1-3-24-18(23)13(2)20-11-10-19(9-8-17(20)22)12-15(21)14-6-4-5-7-16(14)25-19/h4-7,13H,3,8-12H2,1-2H3/t13-,19+/m0/s1. The second kappa shape index (κ2) is 6.86. The summed E-state index contributed by atoms with van der Waals surface area (Å²) in [6.07, 6.45) is 1.50. The van der Waals surface area contributed by atoms with Gasteiger partial charge in [0.15, 0.2) is 5.78 Å². The van der Waals surface area contributed by atoms with E-state index in [4.69, 9.17) is 9.47 Å². The summed E-state index contributed by atoms with van der Waals surface area (Å²) in [5, 5.41) is 0. The molecule has 2 heterocycles. The van der Waals surface area contributed by atoms with Gasteiger partial charge in [0, 0.05) is 19.4 Å². The second-order valence-corrected chi connectivity index (χ2v) is 6.65. The molecule has 0 unspecified atom stereocenters. The van der Waals surface area contributed by atoms with Gasteiger partial charge in [-0.15, -0.1) is 0 Å². The van der Waals surface area contributed by atoms with Gasteiger partial charge in [-0.3, -0.25) is 9.59 Å². The van der Waals surface area contributed by atoms with Crippen LogP contribution in [0.5, 0.6) is 5.75 Å². The van der Waals surface area contributed by atoms with E-state index in [-0.39, 0.29) is 31.1 Å². The van der Waals surface area contributed by atoms with Crippen LogP contribution in [0.15, 0.2) is 24.3 Å². The predicted octanol–water partition coefficient (Wildman–Crippen LogP) is 2.35. The molecule has 2 aliphatic rings. The molecule has 1 amide bonds. The number of ether oxygens (including phenoxy) is 2. The summed E-state index contributed by atoms with van der Waals surface area (Å²) in [6, 6.07) is 6.58. The maximum absolute atomic E-state index is 12.5. The molecule has 0 aromatic heterocycles. The van der Waals surface area contributed by atoms with Crippen LogP contribution in [0.2, 0.25) is 0 Å². The minimum atomic E-state index is -0.676. The van der Waals surface area contributed by atoms with Gasteiger partial charge in [0.25, 0.3) is 0 Å². The molecule has 0 N–H and O–H groups in total. The molecule has 1 aromatic carbocycles. The van der Waals surface area contributed by atoms with Crippen molar-refractivity contribution < 1.29 is 23.9 Å². The summed E-state index contributed by atoms with van der Waals surface area (Å²) < 4.78 is 11.2. The highest BCUT2D eigenvalue weighted by Crippen LogP contribution is 2.39. The minimum Gasteiger partial charge on any atom is -0.486 e. The van der Waals surface area contributed by atoms with E-state index in [1.807, 2.05) is 12.1 Å². The van der Waals surface area contributed by atoms with Crippen LogP contribution in [-0.2, 0) is 14.3 Å². The van der Waals surface area contributed by atoms with E-state index in [2.05, 4.69) is 0 Å². The van der Waals surface area contributed by atoms with Crippen molar-refractivity contribution in [3.8, 4) is 5.75 Å². The van der Waals surface area contributed by atoms with Gasteiger partial charge in [-0.1, -0.05) is 12.1 Å². The Hall–Kier alpha value is -2.37. The van der Waals surface area contributed by atoms with Gasteiger partial charge < -0.3 is 14.4 Å². The summed E-state index contributed by atoms with van der Waals surface area (Å²) in [5.41, 5.74) is -0.0787. The fourth-order valence-corrected chi connectivity index (χ4v) is 3.57. The van der Waals surface area contributed by atoms with Crippen molar-refractivity contribution in [1.82, 2.24) is 4.90 Å². The molecule has 0 aliphatic carbocycles. The SMILES string of the molecule is CCOC(=O)[C@H](C)N1CC[C@]2(CCC1=O)CC(=O)c1ccccc1O2. The number of likely N-dealkylation sites (tertiary alicyclic amines) is 1. The van der Waals surface area contributed by atoms with E-state index in [1.54, 1.807) is 30.9 Å². The Morgan fingerprint density at radius 2 is 2.08 bits per heavy atom. The van der Waals surface area contributed by atoms with Gasteiger partial charge in [0.2, 0.25) is 5.91 Å². The molecule has 1 fully saturated rings. The molecule has 6 heteroatoms. The largest absolute Gasteiger partial charge is 0.486 e. The number of amides is 1. The number of carbonyl (C=O) groups is 3. The zero-order valence-corrected chi connectivity index (χ0v) is 14.6. The Labute approximate surface area is 147 Å². The van der Waals surface area contributed by atoms with Crippen LogP contribution in [0.3, 0.4) is 0 Å². The highest BCUT2D eigenvalue weighted by Gasteiger charge is 2.44. The molecule has 1 spiro atoms. The maximum atomic E-state index is 12.5. The lowest BCUT2D eigenvalue weighted by Gasteiger charge is -2.37. The molecule has 2 atom stereocenters. The van der Waals surface area contributed by atoms with Crippen LogP contribution in [0.1, 0.15) is 49.9 Å². The second-order valence-electron chi connectivity index (χ2n) is 6.65. The van der Waals surface area contributed by atoms with E-state index in [9.17, 15) is 14.4 Å². The molecule has 2 aliphatic heterocycles. The molecule has 6 nitrogen and oxygen atoms in total. The van der Waals surface area contributed by atoms with Crippen LogP contribution >= 0.6 is 0 Å². The fourth-order valence-electron chi connectivity index (χ4n) is 3.57. The first-order valence-corrected chi connectivity index (χ1v) is 8.73. The fraction of sp³-hybridized carbons (Fsp3) is 0.526. The summed E-state index contributed by atoms with van der Waals surface area (Å²) in [5.74, 6) is 0.115. The lowest BCUT2D eigenvalue weighted by molar-refractivity contribution is -0.153. The maximum Gasteiger partial charge on any atom is 0.328 e. The zero-order chi connectivity index (χ0) is 18.0. The highest BCUT2D eigenvalue weighted by atomic mass is 16.5. The first-order chi connectivity index (χ1) is 12.0. The average Bonchev–Trinajstić information content (AvgIpc) is 2.74. The smallest absolute Gasteiger partial charge is 0.328 e. The number of hydrogen-bond donors (Lipinski definition) is 0. The molecule has 1 saturated heterocycles. The van der Waals surface area contributed by atoms with E-state index >= 15 is 0 Å². The van der Waals surface area contributed by atoms with Crippen LogP contribution in [0, 0.1) is 0 Å². The van der Waals surface area contributed by atoms with E-state index in [0.29, 0.717) is 30.7 Å². The first kappa shape index (κ1) is 17.5. The van der Waals surface area contributed by atoms with Gasteiger partial charge in [0.1, 0.15) is 17.4 Å². The molecule has 0 radical (unpaired) electrons. The number of fused-ring (bicyclic) bond motifs is 1. The van der Waals surface area contributed by atoms with E-state index in [0.717, 1.165) is 0 Å². The van der Waals surface area contributed by atoms with E-state index in [1.165, 1.54) is 0 Å². The highest BCUT2D eigenvalue weighted by molar-refractivity contribution is 6.00. The molecule has 0 saturated carbocycles. The molecule has 25 heavy (non-hydrogen) atoms. The van der Waals surface area contributed by atoms with Crippen LogP contribution in [0.25, 0.3) is 0 Å². The zero-order valence-electron chi connectivity index (χ0n) is 14.6. The number of rotatable bonds is 3. The molecule has 0 bridgehead atoms. The Morgan fingerprint density at radius 1 is 1.32 bits per heavy atom. The van der Waals surface area contributed by atoms with Crippen molar-refractivity contribution in [3.05, 3.63) is 29.8 Å². The topological polar surface area (TPSA) is 72.9 Å². The molecule has 134 valence electrons. The molecule has 3 rings (SSSR count). The normalized spacial score (nSPS) is 24.3. The van der Waals surface area contributed by atoms with Crippen molar-refractivity contribution in [2.45, 2.75) is 51.2 Å². The number of nitrogens with zero attached hydrogens (tertiary/aromatic N) is 1. The van der Waals surface area contributed by atoms with Gasteiger partial charge in [-0.2, -0.15) is 0 Å². The van der Waals surface area contributed by atoms with Gasteiger partial charge in [-0.05, 0) is 32.4 Å². The number of benzene rings is 1. The van der Waals surface area contributed by atoms with E-state index < -0.39 is 17.6 Å². The third-order valence-electron chi connectivity index (χ3n) is 5.02. The Balaban J connectivity index is 1.78. The van der Waals surface area contributed by atoms with Gasteiger partial charge >= 0.3 is 5.97 Å². The summed E-state index contributed by atoms with van der Waals surface area (Å²) >= 11 is 0. The number of carbonyl (C=O) groups excluding carboxylic acids is 3. The van der Waals surface area contributed by atoms with Gasteiger partial charge in [-0.25, -0.2) is 4.79 Å². The Kier molecular flexibility index (Phi) is 4.79. The first-order valence-electron chi connectivity index (χ1n) is 8.73. The summed E-state index contributed by atoms with van der Waals surface area (Å²) in [4.78, 5) is 38.5. The Bertz CT molecular complexity index is 701. The molecular formula is C19H23NO5. The predicted molar refractivity (Wildman–Crippen MR) is 90.4 cm³/mol. The van der Waals surface area contributed by atoms with Crippen molar-refractivity contribution >= 4 is 17.7 Å². The van der Waals surface area contributed by atoms with Crippen molar-refractivity contribution in [2.75, 3.05) is 13.2 Å². The lowest BCUT2D eigenvalue weighted by Crippen LogP contribution is -2.45. The molecular weight excluding hydrogens is 322 g/mol. The quantitative estimate of drug-likeness (QED) is 0.786. The van der Waals surface area contributed by atoms with Crippen LogP contribution in [0.4, 0.5) is 0 Å². The average molecular weight is 345 g/mol. The molecule has 1 aromatic rings. The van der Waals surface area contributed by atoms with Crippen molar-refractivity contribution in [2.24, 2.45) is 0 Å². The lowest BCUT2D eigenvalue weighted by atomic mass is 9.84. The summed E-state index contributed by atoms with van der Waals surface area (Å²) in [7, 11) is 0. The monoisotopic (exact) mass is 345 g/mol. The minimum absolute atomic E-state index is 0.0428. The third kappa shape index (κ3) is 3.38. The third-order valence-corrected chi connectivity index (χ3v) is 5.02. The number of para-hydroxylation sites is 1. The number of esters is 1. The summed E-state index contributed by atoms with van der Waals surface area (Å²) in [6.45, 7) is 4.07.